The quantitative estimate of drug-likeness (QED) is 0.293. The number of para-hydroxylation sites is 1. The summed E-state index contributed by atoms with van der Waals surface area (Å²) in [5.41, 5.74) is 4.68. The number of hydrogen-bond donors (Lipinski definition) is 2. The molecule has 2 N–H and O–H groups in total. The van der Waals surface area contributed by atoms with Crippen LogP contribution in [0.2, 0.25) is 0 Å². The van der Waals surface area contributed by atoms with E-state index >= 15 is 0 Å². The third kappa shape index (κ3) is 3.45. The fourth-order valence-corrected chi connectivity index (χ4v) is 5.19. The van der Waals surface area contributed by atoms with Crippen LogP contribution in [0.1, 0.15) is 21.5 Å². The molecule has 0 unspecified atom stereocenters. The number of phenolic OH excluding ortho intramolecular Hbond substituents is 2. The second-order valence-corrected chi connectivity index (χ2v) is 8.80. The molecule has 0 bridgehead atoms. The number of ketones is 1. The monoisotopic (exact) mass is 436 g/mol. The molecule has 156 valence electrons. The number of fused-ring (bicyclic) bond motifs is 1. The first kappa shape index (κ1) is 20.0. The molecular weight excluding hydrogens is 416 g/mol. The lowest BCUT2D eigenvalue weighted by Crippen LogP contribution is -2.02. The Morgan fingerprint density at radius 2 is 1.44 bits per heavy atom. The van der Waals surface area contributed by atoms with Gasteiger partial charge < -0.3 is 10.2 Å². The van der Waals surface area contributed by atoms with Crippen LogP contribution in [-0.4, -0.2) is 16.0 Å². The van der Waals surface area contributed by atoms with Gasteiger partial charge in [-0.15, -0.1) is 11.3 Å². The van der Waals surface area contributed by atoms with Gasteiger partial charge in [0.1, 0.15) is 11.5 Å². The van der Waals surface area contributed by atoms with Gasteiger partial charge in [0, 0.05) is 31.7 Å². The minimum absolute atomic E-state index is 0.0674. The van der Waals surface area contributed by atoms with Gasteiger partial charge in [0.15, 0.2) is 5.78 Å². The number of carbonyl (C=O) groups excluding carboxylic acids is 1. The van der Waals surface area contributed by atoms with E-state index < -0.39 is 0 Å². The average molecular weight is 437 g/mol. The van der Waals surface area contributed by atoms with Crippen LogP contribution in [0.4, 0.5) is 0 Å². The molecule has 0 aliphatic rings. The van der Waals surface area contributed by atoms with Crippen molar-refractivity contribution in [1.82, 2.24) is 0 Å². The summed E-state index contributed by atoms with van der Waals surface area (Å²) in [5, 5.41) is 21.1. The number of rotatable bonds is 4. The normalized spacial score (nSPS) is 11.0. The molecule has 4 heteroatoms. The smallest absolute Gasteiger partial charge is 0.195 e. The van der Waals surface area contributed by atoms with Crippen molar-refractivity contribution in [2.45, 2.75) is 6.92 Å². The molecule has 5 aromatic rings. The lowest BCUT2D eigenvalue weighted by molar-refractivity contribution is 0.104. The first-order chi connectivity index (χ1) is 15.5. The van der Waals surface area contributed by atoms with Crippen molar-refractivity contribution in [3.8, 4) is 33.1 Å². The summed E-state index contributed by atoms with van der Waals surface area (Å²) >= 11 is 1.54. The topological polar surface area (TPSA) is 57.5 Å². The van der Waals surface area contributed by atoms with Gasteiger partial charge in [-0.2, -0.15) is 0 Å². The third-order valence-electron chi connectivity index (χ3n) is 5.58. The Morgan fingerprint density at radius 1 is 0.750 bits per heavy atom. The molecule has 5 rings (SSSR count). The number of hydrogen-bond acceptors (Lipinski definition) is 4. The SMILES string of the molecule is Cc1ccc(C(=O)c2c(-c3ccc(O)cc3)sc3cccc(-c4ccccc4O)c23)cc1. The lowest BCUT2D eigenvalue weighted by Gasteiger charge is -2.10. The molecule has 0 atom stereocenters. The van der Waals surface area contributed by atoms with Crippen molar-refractivity contribution in [3.05, 3.63) is 108 Å². The van der Waals surface area contributed by atoms with Crippen LogP contribution in [0.15, 0.2) is 91.0 Å². The Labute approximate surface area is 189 Å². The van der Waals surface area contributed by atoms with E-state index in [0.29, 0.717) is 16.7 Å². The van der Waals surface area contributed by atoms with Gasteiger partial charge in [0.25, 0.3) is 0 Å². The van der Waals surface area contributed by atoms with E-state index in [1.54, 1.807) is 24.3 Å². The van der Waals surface area contributed by atoms with Crippen molar-refractivity contribution in [1.29, 1.82) is 0 Å². The number of aromatic hydroxyl groups is 2. The Morgan fingerprint density at radius 3 is 2.16 bits per heavy atom. The zero-order valence-corrected chi connectivity index (χ0v) is 18.2. The predicted molar refractivity (Wildman–Crippen MR) is 131 cm³/mol. The van der Waals surface area contributed by atoms with Crippen LogP contribution in [-0.2, 0) is 0 Å². The molecule has 0 aliphatic heterocycles. The van der Waals surface area contributed by atoms with Gasteiger partial charge in [-0.25, -0.2) is 0 Å². The number of phenols is 2. The minimum Gasteiger partial charge on any atom is -0.508 e. The number of benzene rings is 4. The molecule has 0 fully saturated rings. The molecule has 4 aromatic carbocycles. The maximum absolute atomic E-state index is 13.9. The summed E-state index contributed by atoms with van der Waals surface area (Å²) < 4.78 is 0.962. The van der Waals surface area contributed by atoms with Crippen LogP contribution in [0.5, 0.6) is 11.5 Å². The molecule has 0 radical (unpaired) electrons. The summed E-state index contributed by atoms with van der Waals surface area (Å²) in [6, 6.07) is 27.6. The highest BCUT2D eigenvalue weighted by molar-refractivity contribution is 7.23. The van der Waals surface area contributed by atoms with E-state index in [1.807, 2.05) is 73.7 Å². The highest BCUT2D eigenvalue weighted by atomic mass is 32.1. The second kappa shape index (κ2) is 7.98. The fourth-order valence-electron chi connectivity index (χ4n) is 3.96. The average Bonchev–Trinajstić information content (AvgIpc) is 3.20. The molecule has 0 saturated carbocycles. The van der Waals surface area contributed by atoms with Crippen molar-refractivity contribution in [2.24, 2.45) is 0 Å². The Balaban J connectivity index is 1.84. The molecule has 1 aromatic heterocycles. The van der Waals surface area contributed by atoms with Gasteiger partial charge in [-0.1, -0.05) is 60.2 Å². The van der Waals surface area contributed by atoms with Crippen LogP contribution in [0.25, 0.3) is 31.7 Å². The third-order valence-corrected chi connectivity index (χ3v) is 6.78. The number of carbonyl (C=O) groups is 1. The molecule has 32 heavy (non-hydrogen) atoms. The highest BCUT2D eigenvalue weighted by Gasteiger charge is 2.24. The van der Waals surface area contributed by atoms with Gasteiger partial charge >= 0.3 is 0 Å². The molecule has 3 nitrogen and oxygen atoms in total. The van der Waals surface area contributed by atoms with E-state index in [0.717, 1.165) is 31.7 Å². The van der Waals surface area contributed by atoms with Gasteiger partial charge in [0.05, 0.1) is 0 Å². The van der Waals surface area contributed by atoms with E-state index in [9.17, 15) is 15.0 Å². The molecule has 0 saturated heterocycles. The van der Waals surface area contributed by atoms with Crippen LogP contribution >= 0.6 is 11.3 Å². The van der Waals surface area contributed by atoms with Crippen molar-refractivity contribution >= 4 is 27.2 Å². The molecule has 0 spiro atoms. The maximum Gasteiger partial charge on any atom is 0.195 e. The van der Waals surface area contributed by atoms with Crippen LogP contribution in [0, 0.1) is 6.92 Å². The van der Waals surface area contributed by atoms with Crippen molar-refractivity contribution < 1.29 is 15.0 Å². The van der Waals surface area contributed by atoms with Gasteiger partial charge in [-0.3, -0.25) is 4.79 Å². The summed E-state index contributed by atoms with van der Waals surface area (Å²) in [6.45, 7) is 1.99. The van der Waals surface area contributed by atoms with E-state index in [1.165, 1.54) is 11.3 Å². The van der Waals surface area contributed by atoms with Crippen LogP contribution in [0.3, 0.4) is 0 Å². The molecule has 0 amide bonds. The Kier molecular flexibility index (Phi) is 5.00. The molecule has 0 aliphatic carbocycles. The number of thiophene rings is 1. The number of aryl methyl sites for hydroxylation is 1. The molecule has 1 heterocycles. The largest absolute Gasteiger partial charge is 0.508 e. The van der Waals surface area contributed by atoms with E-state index in [-0.39, 0.29) is 17.3 Å². The first-order valence-electron chi connectivity index (χ1n) is 10.3. The molecular formula is C28H20O3S. The standard InChI is InChI=1S/C28H20O3S/c1-17-9-11-18(12-10-17)27(31)26-25-22(21-5-2-3-7-23(21)30)6-4-8-24(25)32-28(26)19-13-15-20(29)16-14-19/h2-16,29-30H,1H3. The summed E-state index contributed by atoms with van der Waals surface area (Å²) in [6.07, 6.45) is 0. The van der Waals surface area contributed by atoms with Gasteiger partial charge in [0.2, 0.25) is 0 Å². The second-order valence-electron chi connectivity index (χ2n) is 7.74. The zero-order valence-electron chi connectivity index (χ0n) is 17.4. The van der Waals surface area contributed by atoms with Crippen molar-refractivity contribution in [2.75, 3.05) is 0 Å². The van der Waals surface area contributed by atoms with Crippen molar-refractivity contribution in [3.63, 3.8) is 0 Å². The zero-order chi connectivity index (χ0) is 22.2. The maximum atomic E-state index is 13.9. The minimum atomic E-state index is -0.0674. The van der Waals surface area contributed by atoms with Crippen LogP contribution < -0.4 is 0 Å². The Hall–Kier alpha value is -3.89. The summed E-state index contributed by atoms with van der Waals surface area (Å²) in [5.74, 6) is 0.282. The summed E-state index contributed by atoms with van der Waals surface area (Å²) in [7, 11) is 0. The predicted octanol–water partition coefficient (Wildman–Crippen LogP) is 7.19. The highest BCUT2D eigenvalue weighted by Crippen LogP contribution is 2.45. The first-order valence-corrected chi connectivity index (χ1v) is 11.1. The lowest BCUT2D eigenvalue weighted by atomic mass is 9.92. The summed E-state index contributed by atoms with van der Waals surface area (Å²) in [4.78, 5) is 14.7. The van der Waals surface area contributed by atoms with E-state index in [4.69, 9.17) is 0 Å². The van der Waals surface area contributed by atoms with E-state index in [2.05, 4.69) is 0 Å². The van der Waals surface area contributed by atoms with Gasteiger partial charge in [-0.05, 0) is 54.4 Å². The Bertz CT molecular complexity index is 1450. The fraction of sp³-hybridized carbons (Fsp3) is 0.0357.